The summed E-state index contributed by atoms with van der Waals surface area (Å²) in [6.07, 6.45) is -1.12. The van der Waals surface area contributed by atoms with Crippen molar-refractivity contribution >= 4 is 34.6 Å². The molecule has 2 fully saturated rings. The van der Waals surface area contributed by atoms with Crippen molar-refractivity contribution in [2.24, 2.45) is 5.92 Å². The zero-order valence-electron chi connectivity index (χ0n) is 17.4. The number of para-hydroxylation sites is 1. The Morgan fingerprint density at radius 2 is 1.26 bits per heavy atom. The number of hydrogen-bond acceptors (Lipinski definition) is 8. The molecule has 0 radical (unpaired) electrons. The van der Waals surface area contributed by atoms with Gasteiger partial charge in [0.2, 0.25) is 5.91 Å². The molecule has 2 amide bonds. The van der Waals surface area contributed by atoms with E-state index in [1.54, 1.807) is 24.3 Å². The number of nitro groups is 2. The van der Waals surface area contributed by atoms with Crippen LogP contribution in [0.4, 0.5) is 22.7 Å². The molecule has 11 heteroatoms. The summed E-state index contributed by atoms with van der Waals surface area (Å²) in [6, 6.07) is 19.0. The lowest BCUT2D eigenvalue weighted by molar-refractivity contribution is -0.385. The Balaban J connectivity index is 1.55. The van der Waals surface area contributed by atoms with Gasteiger partial charge in [0.15, 0.2) is 6.10 Å². The van der Waals surface area contributed by atoms with Gasteiger partial charge in [0, 0.05) is 24.3 Å². The fourth-order valence-corrected chi connectivity index (χ4v) is 4.32. The maximum atomic E-state index is 13.5. The van der Waals surface area contributed by atoms with Crippen LogP contribution in [-0.2, 0) is 14.4 Å². The Bertz CT molecular complexity index is 1300. The second kappa shape index (κ2) is 8.05. The number of nitro benzene ring substituents is 2. The summed E-state index contributed by atoms with van der Waals surface area (Å²) in [5.74, 6) is -2.04. The minimum atomic E-state index is -1.12. The van der Waals surface area contributed by atoms with Gasteiger partial charge in [-0.25, -0.2) is 9.96 Å². The standard InChI is InChI=1S/C23H16N4O7/c28-22-19-20(14-6-8-17(9-7-14)26(30)31)25(16-4-2-1-3-5-16)34-21(19)23(29)24(22)15-10-12-18(13-11-15)27(32)33/h1-13,19-21H/t19-,20-,21+/m0/s1. The predicted molar refractivity (Wildman–Crippen MR) is 119 cm³/mol. The topological polar surface area (TPSA) is 136 Å². The van der Waals surface area contributed by atoms with Crippen LogP contribution in [-0.4, -0.2) is 27.8 Å². The van der Waals surface area contributed by atoms with Gasteiger partial charge in [0.1, 0.15) is 5.92 Å². The Morgan fingerprint density at radius 3 is 1.82 bits per heavy atom. The smallest absolute Gasteiger partial charge is 0.269 e. The molecule has 0 unspecified atom stereocenters. The van der Waals surface area contributed by atoms with Crippen LogP contribution in [0.25, 0.3) is 0 Å². The molecular formula is C23H16N4O7. The molecule has 3 aromatic rings. The molecule has 2 aliphatic rings. The van der Waals surface area contributed by atoms with Gasteiger partial charge < -0.3 is 0 Å². The fourth-order valence-electron chi connectivity index (χ4n) is 4.32. The van der Waals surface area contributed by atoms with Gasteiger partial charge in [0.05, 0.1) is 27.3 Å². The SMILES string of the molecule is O=C1[C@@H]2[C@@H](ON(c3ccccc3)[C@H]2c2ccc([N+](=O)[O-])cc2)C(=O)N1c1ccc([N+](=O)[O-])cc1. The number of anilines is 2. The van der Waals surface area contributed by atoms with Gasteiger partial charge in [-0.15, -0.1) is 0 Å². The average Bonchev–Trinajstić information content (AvgIpc) is 3.35. The highest BCUT2D eigenvalue weighted by Crippen LogP contribution is 2.47. The summed E-state index contributed by atoms with van der Waals surface area (Å²) in [6.45, 7) is 0. The van der Waals surface area contributed by atoms with E-state index in [4.69, 9.17) is 4.84 Å². The molecule has 3 aromatic carbocycles. The van der Waals surface area contributed by atoms with Gasteiger partial charge >= 0.3 is 0 Å². The number of carbonyl (C=O) groups excluding carboxylic acids is 2. The number of carbonyl (C=O) groups is 2. The first-order valence-corrected chi connectivity index (χ1v) is 10.2. The quantitative estimate of drug-likeness (QED) is 0.320. The van der Waals surface area contributed by atoms with E-state index in [-0.39, 0.29) is 17.1 Å². The molecule has 0 saturated carbocycles. The molecule has 2 saturated heterocycles. The van der Waals surface area contributed by atoms with E-state index in [0.29, 0.717) is 11.3 Å². The van der Waals surface area contributed by atoms with Gasteiger partial charge in [-0.3, -0.25) is 34.7 Å². The summed E-state index contributed by atoms with van der Waals surface area (Å²) in [5, 5.41) is 23.5. The highest BCUT2D eigenvalue weighted by molar-refractivity contribution is 6.24. The summed E-state index contributed by atoms with van der Waals surface area (Å²) < 4.78 is 0. The lowest BCUT2D eigenvalue weighted by Crippen LogP contribution is -2.37. The van der Waals surface area contributed by atoms with Gasteiger partial charge in [-0.2, -0.15) is 0 Å². The lowest BCUT2D eigenvalue weighted by Gasteiger charge is -2.28. The summed E-state index contributed by atoms with van der Waals surface area (Å²) >= 11 is 0. The first kappa shape index (κ1) is 21.2. The molecule has 11 nitrogen and oxygen atoms in total. The van der Waals surface area contributed by atoms with Crippen molar-refractivity contribution in [2.75, 3.05) is 9.96 Å². The zero-order chi connectivity index (χ0) is 24.0. The van der Waals surface area contributed by atoms with E-state index in [9.17, 15) is 29.8 Å². The summed E-state index contributed by atoms with van der Waals surface area (Å²) in [5.41, 5.74) is 1.11. The number of fused-ring (bicyclic) bond motifs is 1. The van der Waals surface area contributed by atoms with Crippen molar-refractivity contribution < 1.29 is 24.3 Å². The van der Waals surface area contributed by atoms with Crippen LogP contribution in [0.15, 0.2) is 78.9 Å². The molecule has 3 atom stereocenters. The van der Waals surface area contributed by atoms with Crippen molar-refractivity contribution in [3.05, 3.63) is 105 Å². The van der Waals surface area contributed by atoms with Crippen LogP contribution in [0.1, 0.15) is 11.6 Å². The maximum absolute atomic E-state index is 13.5. The highest BCUT2D eigenvalue weighted by atomic mass is 16.7. The van der Waals surface area contributed by atoms with Crippen LogP contribution in [0.2, 0.25) is 0 Å². The van der Waals surface area contributed by atoms with Crippen LogP contribution >= 0.6 is 0 Å². The second-order valence-corrected chi connectivity index (χ2v) is 7.79. The Morgan fingerprint density at radius 1 is 0.706 bits per heavy atom. The molecule has 0 spiro atoms. The van der Waals surface area contributed by atoms with Crippen molar-refractivity contribution in [2.45, 2.75) is 12.1 Å². The third kappa shape index (κ3) is 3.35. The lowest BCUT2D eigenvalue weighted by atomic mass is 9.90. The molecule has 2 aliphatic heterocycles. The van der Waals surface area contributed by atoms with Crippen LogP contribution in [0.3, 0.4) is 0 Å². The minimum Gasteiger partial charge on any atom is -0.273 e. The van der Waals surface area contributed by atoms with E-state index in [1.165, 1.54) is 53.6 Å². The number of nitrogens with zero attached hydrogens (tertiary/aromatic N) is 4. The summed E-state index contributed by atoms with van der Waals surface area (Å²) in [4.78, 5) is 54.7. The minimum absolute atomic E-state index is 0.105. The van der Waals surface area contributed by atoms with E-state index < -0.39 is 39.7 Å². The molecule has 2 heterocycles. The van der Waals surface area contributed by atoms with Crippen LogP contribution in [0.5, 0.6) is 0 Å². The second-order valence-electron chi connectivity index (χ2n) is 7.79. The Hall–Kier alpha value is -4.64. The normalized spacial score (nSPS) is 21.6. The zero-order valence-corrected chi connectivity index (χ0v) is 17.4. The first-order valence-electron chi connectivity index (χ1n) is 10.2. The number of hydroxylamine groups is 1. The van der Waals surface area contributed by atoms with E-state index in [1.807, 2.05) is 6.07 Å². The Labute approximate surface area is 192 Å². The maximum Gasteiger partial charge on any atom is 0.269 e. The van der Waals surface area contributed by atoms with Crippen molar-refractivity contribution in [3.8, 4) is 0 Å². The van der Waals surface area contributed by atoms with Gasteiger partial charge in [-0.05, 0) is 29.8 Å². The number of amides is 2. The molecule has 0 N–H and O–H groups in total. The average molecular weight is 460 g/mol. The molecule has 34 heavy (non-hydrogen) atoms. The number of hydrogen-bond donors (Lipinski definition) is 0. The monoisotopic (exact) mass is 460 g/mol. The fraction of sp³-hybridized carbons (Fsp3) is 0.130. The van der Waals surface area contributed by atoms with Gasteiger partial charge in [0.25, 0.3) is 17.3 Å². The third-order valence-corrected chi connectivity index (χ3v) is 5.89. The number of benzene rings is 3. The van der Waals surface area contributed by atoms with Crippen molar-refractivity contribution in [1.82, 2.24) is 0 Å². The van der Waals surface area contributed by atoms with E-state index in [0.717, 1.165) is 4.90 Å². The van der Waals surface area contributed by atoms with Crippen LogP contribution < -0.4 is 9.96 Å². The molecule has 0 bridgehead atoms. The van der Waals surface area contributed by atoms with E-state index in [2.05, 4.69) is 0 Å². The van der Waals surface area contributed by atoms with Crippen LogP contribution in [0, 0.1) is 26.1 Å². The first-order chi connectivity index (χ1) is 16.4. The molecule has 170 valence electrons. The number of rotatable bonds is 5. The van der Waals surface area contributed by atoms with Crippen molar-refractivity contribution in [1.29, 1.82) is 0 Å². The summed E-state index contributed by atoms with van der Waals surface area (Å²) in [7, 11) is 0. The Kier molecular flexibility index (Phi) is 5.02. The number of imide groups is 1. The molecular weight excluding hydrogens is 444 g/mol. The van der Waals surface area contributed by atoms with Gasteiger partial charge in [-0.1, -0.05) is 30.3 Å². The largest absolute Gasteiger partial charge is 0.273 e. The third-order valence-electron chi connectivity index (χ3n) is 5.89. The molecule has 0 aromatic heterocycles. The van der Waals surface area contributed by atoms with E-state index >= 15 is 0 Å². The van der Waals surface area contributed by atoms with Crippen molar-refractivity contribution in [3.63, 3.8) is 0 Å². The highest BCUT2D eigenvalue weighted by Gasteiger charge is 2.60. The molecule has 5 rings (SSSR count). The molecule has 0 aliphatic carbocycles. The number of non-ortho nitro benzene ring substituents is 2. The predicted octanol–water partition coefficient (Wildman–Crippen LogP) is 3.55.